The number of nitrogens with zero attached hydrogens (tertiary/aromatic N) is 3. The third kappa shape index (κ3) is 3.84. The molecule has 2 amide bonds. The van der Waals surface area contributed by atoms with Crippen molar-refractivity contribution < 1.29 is 9.59 Å². The maximum atomic E-state index is 12.4. The van der Waals surface area contributed by atoms with Crippen molar-refractivity contribution in [2.45, 2.75) is 45.8 Å². The summed E-state index contributed by atoms with van der Waals surface area (Å²) < 4.78 is 1.85. The molecule has 24 heavy (non-hydrogen) atoms. The van der Waals surface area contributed by atoms with Crippen LogP contribution in [0.2, 0.25) is 0 Å². The van der Waals surface area contributed by atoms with Crippen LogP contribution >= 0.6 is 11.3 Å². The van der Waals surface area contributed by atoms with E-state index in [0.717, 1.165) is 31.6 Å². The molecule has 0 saturated heterocycles. The molecule has 7 heteroatoms. The summed E-state index contributed by atoms with van der Waals surface area (Å²) in [6.07, 6.45) is 1.67. The smallest absolute Gasteiger partial charge is 0.272 e. The van der Waals surface area contributed by atoms with Crippen LogP contribution in [-0.2, 0) is 24.3 Å². The standard InChI is InChI=1S/C17H22N4O2S/c1-12(9-15-5-3-8-24-15)18-17(23)16-10-14-11-20(13(2)22)6-4-7-21(14)19-16/h3,5,8,10,12H,4,6-7,9,11H2,1-2H3,(H,18,23). The molecule has 2 aromatic heterocycles. The van der Waals surface area contributed by atoms with Crippen molar-refractivity contribution in [3.8, 4) is 0 Å². The molecule has 0 aliphatic carbocycles. The molecule has 1 unspecified atom stereocenters. The van der Waals surface area contributed by atoms with Crippen molar-refractivity contribution in [1.82, 2.24) is 20.0 Å². The topological polar surface area (TPSA) is 67.2 Å². The van der Waals surface area contributed by atoms with Crippen molar-refractivity contribution in [3.05, 3.63) is 39.8 Å². The molecule has 0 radical (unpaired) electrons. The maximum absolute atomic E-state index is 12.4. The quantitative estimate of drug-likeness (QED) is 0.921. The highest BCUT2D eigenvalue weighted by Gasteiger charge is 2.21. The number of aromatic nitrogens is 2. The fraction of sp³-hybridized carbons (Fsp3) is 0.471. The van der Waals surface area contributed by atoms with Crippen LogP contribution in [0.1, 0.15) is 41.3 Å². The summed E-state index contributed by atoms with van der Waals surface area (Å²) in [5, 5.41) is 9.47. The number of hydrogen-bond donors (Lipinski definition) is 1. The average Bonchev–Trinajstić information content (AvgIpc) is 3.12. The summed E-state index contributed by atoms with van der Waals surface area (Å²) in [5.41, 5.74) is 1.34. The van der Waals surface area contributed by atoms with Crippen LogP contribution in [0.5, 0.6) is 0 Å². The summed E-state index contributed by atoms with van der Waals surface area (Å²) in [4.78, 5) is 27.1. The molecule has 0 saturated carbocycles. The van der Waals surface area contributed by atoms with Gasteiger partial charge in [-0.25, -0.2) is 0 Å². The van der Waals surface area contributed by atoms with Gasteiger partial charge in [0.15, 0.2) is 5.69 Å². The summed E-state index contributed by atoms with van der Waals surface area (Å²) in [5.74, 6) is -0.103. The predicted octanol–water partition coefficient (Wildman–Crippen LogP) is 2.06. The molecular formula is C17H22N4O2S. The van der Waals surface area contributed by atoms with Crippen LogP contribution in [0.4, 0.5) is 0 Å². The first kappa shape index (κ1) is 16.7. The van der Waals surface area contributed by atoms with Gasteiger partial charge in [0.2, 0.25) is 5.91 Å². The minimum atomic E-state index is -0.158. The van der Waals surface area contributed by atoms with Gasteiger partial charge >= 0.3 is 0 Å². The Bertz CT molecular complexity index is 723. The lowest BCUT2D eigenvalue weighted by Crippen LogP contribution is -2.34. The van der Waals surface area contributed by atoms with E-state index in [9.17, 15) is 9.59 Å². The molecule has 1 atom stereocenters. The number of fused-ring (bicyclic) bond motifs is 1. The van der Waals surface area contributed by atoms with E-state index in [0.29, 0.717) is 12.2 Å². The lowest BCUT2D eigenvalue weighted by molar-refractivity contribution is -0.129. The number of carbonyl (C=O) groups excluding carboxylic acids is 2. The summed E-state index contributed by atoms with van der Waals surface area (Å²) >= 11 is 1.69. The van der Waals surface area contributed by atoms with Gasteiger partial charge in [-0.1, -0.05) is 6.07 Å². The van der Waals surface area contributed by atoms with Crippen molar-refractivity contribution in [2.75, 3.05) is 6.54 Å². The Morgan fingerprint density at radius 3 is 2.96 bits per heavy atom. The van der Waals surface area contributed by atoms with E-state index in [1.165, 1.54) is 4.88 Å². The van der Waals surface area contributed by atoms with Crippen molar-refractivity contribution in [3.63, 3.8) is 0 Å². The van der Waals surface area contributed by atoms with E-state index in [4.69, 9.17) is 0 Å². The van der Waals surface area contributed by atoms with E-state index in [1.807, 2.05) is 23.1 Å². The first-order chi connectivity index (χ1) is 11.5. The first-order valence-electron chi connectivity index (χ1n) is 8.18. The third-order valence-corrected chi connectivity index (χ3v) is 5.06. The molecule has 0 bridgehead atoms. The van der Waals surface area contributed by atoms with Crippen molar-refractivity contribution >= 4 is 23.2 Å². The fourth-order valence-electron chi connectivity index (χ4n) is 2.92. The Balaban J connectivity index is 1.66. The molecular weight excluding hydrogens is 324 g/mol. The highest BCUT2D eigenvalue weighted by Crippen LogP contribution is 2.15. The first-order valence-corrected chi connectivity index (χ1v) is 9.06. The van der Waals surface area contributed by atoms with Crippen molar-refractivity contribution in [1.29, 1.82) is 0 Å². The van der Waals surface area contributed by atoms with Crippen molar-refractivity contribution in [2.24, 2.45) is 0 Å². The van der Waals surface area contributed by atoms with E-state index < -0.39 is 0 Å². The Kier molecular flexibility index (Phi) is 4.99. The zero-order valence-electron chi connectivity index (χ0n) is 14.0. The molecule has 3 heterocycles. The largest absolute Gasteiger partial charge is 0.348 e. The molecule has 1 aliphatic rings. The van der Waals surface area contributed by atoms with E-state index >= 15 is 0 Å². The van der Waals surface area contributed by atoms with Gasteiger partial charge in [-0.2, -0.15) is 5.10 Å². The summed E-state index contributed by atoms with van der Waals surface area (Å²) in [6, 6.07) is 5.94. The second-order valence-electron chi connectivity index (χ2n) is 6.20. The Morgan fingerprint density at radius 2 is 2.25 bits per heavy atom. The van der Waals surface area contributed by atoms with Gasteiger partial charge in [0.05, 0.1) is 12.2 Å². The summed E-state index contributed by atoms with van der Waals surface area (Å²) in [6.45, 7) is 5.55. The molecule has 0 fully saturated rings. The van der Waals surface area contributed by atoms with Gasteiger partial charge in [0, 0.05) is 37.4 Å². The SMILES string of the molecule is CC(=O)N1CCCn2nc(C(=O)NC(C)Cc3cccs3)cc2C1. The highest BCUT2D eigenvalue weighted by molar-refractivity contribution is 7.09. The minimum Gasteiger partial charge on any atom is -0.348 e. The van der Waals surface area contributed by atoms with Crippen LogP contribution in [0.25, 0.3) is 0 Å². The average molecular weight is 346 g/mol. The molecule has 3 rings (SSSR count). The van der Waals surface area contributed by atoms with Gasteiger partial charge in [-0.15, -0.1) is 11.3 Å². The maximum Gasteiger partial charge on any atom is 0.272 e. The third-order valence-electron chi connectivity index (χ3n) is 4.16. The minimum absolute atomic E-state index is 0.0476. The second-order valence-corrected chi connectivity index (χ2v) is 7.23. The Morgan fingerprint density at radius 1 is 1.42 bits per heavy atom. The Hall–Kier alpha value is -2.15. The number of aryl methyl sites for hydroxylation is 1. The van der Waals surface area contributed by atoms with E-state index in [2.05, 4.69) is 16.5 Å². The van der Waals surface area contributed by atoms with Crippen LogP contribution < -0.4 is 5.32 Å². The normalized spacial score (nSPS) is 15.5. The van der Waals surface area contributed by atoms with E-state index in [-0.39, 0.29) is 17.9 Å². The van der Waals surface area contributed by atoms with Crippen LogP contribution in [-0.4, -0.2) is 39.1 Å². The van der Waals surface area contributed by atoms with Gasteiger partial charge < -0.3 is 10.2 Å². The highest BCUT2D eigenvalue weighted by atomic mass is 32.1. The number of amides is 2. The van der Waals surface area contributed by atoms with Gasteiger partial charge in [0.1, 0.15) is 0 Å². The monoisotopic (exact) mass is 346 g/mol. The molecule has 128 valence electrons. The predicted molar refractivity (Wildman–Crippen MR) is 92.9 cm³/mol. The summed E-state index contributed by atoms with van der Waals surface area (Å²) in [7, 11) is 0. The van der Waals surface area contributed by atoms with Gasteiger partial charge in [-0.3, -0.25) is 14.3 Å². The van der Waals surface area contributed by atoms with Gasteiger partial charge in [-0.05, 0) is 30.9 Å². The zero-order chi connectivity index (χ0) is 17.1. The van der Waals surface area contributed by atoms with Crippen LogP contribution in [0.15, 0.2) is 23.6 Å². The number of thiophene rings is 1. The number of hydrogen-bond acceptors (Lipinski definition) is 4. The molecule has 2 aromatic rings. The van der Waals surface area contributed by atoms with Crippen LogP contribution in [0.3, 0.4) is 0 Å². The fourth-order valence-corrected chi connectivity index (χ4v) is 3.76. The number of rotatable bonds is 4. The van der Waals surface area contributed by atoms with Gasteiger partial charge in [0.25, 0.3) is 5.91 Å². The van der Waals surface area contributed by atoms with E-state index in [1.54, 1.807) is 29.2 Å². The lowest BCUT2D eigenvalue weighted by Gasteiger charge is -2.17. The molecule has 0 aromatic carbocycles. The van der Waals surface area contributed by atoms with Crippen LogP contribution in [0, 0.1) is 0 Å². The lowest BCUT2D eigenvalue weighted by atomic mass is 10.2. The zero-order valence-corrected chi connectivity index (χ0v) is 14.8. The Labute approximate surface area is 145 Å². The second kappa shape index (κ2) is 7.17. The number of nitrogens with one attached hydrogen (secondary N) is 1. The molecule has 1 aliphatic heterocycles. The molecule has 1 N–H and O–H groups in total. The molecule has 0 spiro atoms. The number of carbonyl (C=O) groups is 2. The molecule has 6 nitrogen and oxygen atoms in total.